The Morgan fingerprint density at radius 2 is 1.67 bits per heavy atom. The van der Waals surface area contributed by atoms with E-state index in [-0.39, 0.29) is 18.3 Å². The molecule has 1 aliphatic rings. The van der Waals surface area contributed by atoms with E-state index < -0.39 is 34.7 Å². The molecule has 4 nitrogen and oxygen atoms in total. The van der Waals surface area contributed by atoms with Crippen LogP contribution in [0, 0.1) is 23.4 Å². The van der Waals surface area contributed by atoms with Crippen LogP contribution in [0.2, 0.25) is 0 Å². The fraction of sp³-hybridized carbons (Fsp3) is 0.500. The van der Waals surface area contributed by atoms with Crippen LogP contribution in [0.15, 0.2) is 12.1 Å². The first kappa shape index (κ1) is 20.4. The Morgan fingerprint density at radius 1 is 1.12 bits per heavy atom. The summed E-state index contributed by atoms with van der Waals surface area (Å²) in [5.74, 6) is -4.70. The zero-order chi connectivity index (χ0) is 17.0. The molecule has 1 amide bonds. The highest BCUT2D eigenvalue weighted by molar-refractivity contribution is 5.98. The number of ketones is 1. The minimum Gasteiger partial charge on any atom is -0.343 e. The summed E-state index contributed by atoms with van der Waals surface area (Å²) in [5.41, 5.74) is 4.66. The zero-order valence-corrected chi connectivity index (χ0v) is 13.9. The monoisotopic (exact) mass is 364 g/mol. The van der Waals surface area contributed by atoms with Gasteiger partial charge in [0.1, 0.15) is 17.5 Å². The van der Waals surface area contributed by atoms with Crippen LogP contribution in [-0.2, 0) is 4.79 Å². The number of hydrogen-bond donors (Lipinski definition) is 1. The Kier molecular flexibility index (Phi) is 7.69. The average Bonchev–Trinajstić information content (AvgIpc) is 2.51. The number of Topliss-reactive ketones (excluding diaryl/α,β-unsaturated/α-hetero) is 1. The van der Waals surface area contributed by atoms with Crippen molar-refractivity contribution in [3.8, 4) is 0 Å². The van der Waals surface area contributed by atoms with E-state index >= 15 is 0 Å². The van der Waals surface area contributed by atoms with Crippen molar-refractivity contribution in [1.29, 1.82) is 0 Å². The first-order valence-electron chi connectivity index (χ1n) is 7.60. The number of benzene rings is 1. The van der Waals surface area contributed by atoms with E-state index in [2.05, 4.69) is 0 Å². The van der Waals surface area contributed by atoms with Crippen molar-refractivity contribution < 1.29 is 22.8 Å². The molecule has 1 aromatic rings. The molecule has 2 rings (SSSR count). The second-order valence-corrected chi connectivity index (χ2v) is 5.66. The highest BCUT2D eigenvalue weighted by Gasteiger charge is 2.31. The Morgan fingerprint density at radius 3 is 2.17 bits per heavy atom. The number of amides is 1. The molecule has 1 aromatic carbocycles. The Balaban J connectivity index is 0.00000288. The summed E-state index contributed by atoms with van der Waals surface area (Å²) >= 11 is 0. The van der Waals surface area contributed by atoms with Gasteiger partial charge in [-0.15, -0.1) is 12.4 Å². The van der Waals surface area contributed by atoms with Crippen molar-refractivity contribution in [1.82, 2.24) is 4.90 Å². The van der Waals surface area contributed by atoms with E-state index in [0.29, 0.717) is 57.5 Å². The van der Waals surface area contributed by atoms with Gasteiger partial charge < -0.3 is 10.6 Å². The lowest BCUT2D eigenvalue weighted by atomic mass is 9.88. The van der Waals surface area contributed by atoms with Gasteiger partial charge in [0, 0.05) is 37.6 Å². The maximum Gasteiger partial charge on any atom is 0.222 e. The number of rotatable bonds is 5. The van der Waals surface area contributed by atoms with Gasteiger partial charge in [-0.1, -0.05) is 0 Å². The van der Waals surface area contributed by atoms with Crippen molar-refractivity contribution in [3.63, 3.8) is 0 Å². The number of nitrogens with zero attached hydrogens (tertiary/aromatic N) is 1. The number of likely N-dealkylation sites (tertiary alicyclic amines) is 1. The van der Waals surface area contributed by atoms with Crippen LogP contribution >= 0.6 is 12.4 Å². The number of halogens is 4. The molecule has 0 aliphatic carbocycles. The highest BCUT2D eigenvalue weighted by Crippen LogP contribution is 2.25. The molecule has 0 bridgehead atoms. The Bertz CT molecular complexity index is 582. The fourth-order valence-corrected chi connectivity index (χ4v) is 2.78. The predicted molar refractivity (Wildman–Crippen MR) is 85.5 cm³/mol. The molecule has 24 heavy (non-hydrogen) atoms. The average molecular weight is 365 g/mol. The van der Waals surface area contributed by atoms with Gasteiger partial charge in [0.05, 0.1) is 5.56 Å². The second kappa shape index (κ2) is 9.03. The van der Waals surface area contributed by atoms with Crippen LogP contribution in [0.1, 0.15) is 36.0 Å². The fourth-order valence-electron chi connectivity index (χ4n) is 2.78. The third kappa shape index (κ3) is 4.70. The van der Waals surface area contributed by atoms with Crippen LogP contribution in [0.3, 0.4) is 0 Å². The summed E-state index contributed by atoms with van der Waals surface area (Å²) < 4.78 is 40.3. The van der Waals surface area contributed by atoms with Gasteiger partial charge in [0.2, 0.25) is 5.91 Å². The van der Waals surface area contributed by atoms with E-state index in [1.54, 1.807) is 4.90 Å². The molecule has 1 fully saturated rings. The molecule has 8 heteroatoms. The van der Waals surface area contributed by atoms with E-state index in [1.807, 2.05) is 0 Å². The molecular formula is C16H20ClF3N2O2. The third-order valence-corrected chi connectivity index (χ3v) is 4.07. The standard InChI is InChI=1S/C16H19F3N2O2.ClH/c17-11-8-12(18)15(13(19)9-11)16(23)10-3-6-21(7-4-10)14(22)2-1-5-20;/h8-10H,1-7,20H2;1H. The largest absolute Gasteiger partial charge is 0.343 e. The number of hydrogen-bond acceptors (Lipinski definition) is 3. The van der Waals surface area contributed by atoms with E-state index in [9.17, 15) is 22.8 Å². The highest BCUT2D eigenvalue weighted by atomic mass is 35.5. The second-order valence-electron chi connectivity index (χ2n) is 5.66. The van der Waals surface area contributed by atoms with Crippen LogP contribution < -0.4 is 5.73 Å². The number of carbonyl (C=O) groups is 2. The summed E-state index contributed by atoms with van der Waals surface area (Å²) in [6.07, 6.45) is 1.63. The molecule has 1 heterocycles. The molecule has 0 unspecified atom stereocenters. The van der Waals surface area contributed by atoms with Gasteiger partial charge in [-0.2, -0.15) is 0 Å². The lowest BCUT2D eigenvalue weighted by Crippen LogP contribution is -2.40. The van der Waals surface area contributed by atoms with Crippen molar-refractivity contribution in [2.75, 3.05) is 19.6 Å². The van der Waals surface area contributed by atoms with E-state index in [1.165, 1.54) is 0 Å². The molecule has 1 saturated heterocycles. The van der Waals surface area contributed by atoms with Gasteiger partial charge in [0.15, 0.2) is 5.78 Å². The molecule has 134 valence electrons. The molecule has 0 aromatic heterocycles. The zero-order valence-electron chi connectivity index (χ0n) is 13.1. The van der Waals surface area contributed by atoms with Gasteiger partial charge in [-0.05, 0) is 25.8 Å². The lowest BCUT2D eigenvalue weighted by molar-refractivity contribution is -0.132. The summed E-state index contributed by atoms with van der Waals surface area (Å²) in [6.45, 7) is 1.16. The summed E-state index contributed by atoms with van der Waals surface area (Å²) in [7, 11) is 0. The van der Waals surface area contributed by atoms with E-state index in [4.69, 9.17) is 5.73 Å². The van der Waals surface area contributed by atoms with E-state index in [0.717, 1.165) is 0 Å². The molecule has 0 spiro atoms. The summed E-state index contributed by atoms with van der Waals surface area (Å²) in [6, 6.07) is 1.00. The van der Waals surface area contributed by atoms with Gasteiger partial charge in [-0.25, -0.2) is 13.2 Å². The van der Waals surface area contributed by atoms with Crippen LogP contribution in [0.25, 0.3) is 0 Å². The minimum atomic E-state index is -1.19. The topological polar surface area (TPSA) is 63.4 Å². The lowest BCUT2D eigenvalue weighted by Gasteiger charge is -2.31. The maximum atomic E-state index is 13.7. The van der Waals surface area contributed by atoms with Gasteiger partial charge in [-0.3, -0.25) is 9.59 Å². The summed E-state index contributed by atoms with van der Waals surface area (Å²) in [4.78, 5) is 25.8. The predicted octanol–water partition coefficient (Wildman–Crippen LogP) is 2.69. The van der Waals surface area contributed by atoms with Gasteiger partial charge in [0.25, 0.3) is 0 Å². The first-order valence-corrected chi connectivity index (χ1v) is 7.60. The minimum absolute atomic E-state index is 0. The molecule has 2 N–H and O–H groups in total. The van der Waals surface area contributed by atoms with Crippen molar-refractivity contribution in [2.45, 2.75) is 25.7 Å². The quantitative estimate of drug-likeness (QED) is 0.817. The SMILES string of the molecule is Cl.NCCCC(=O)N1CCC(C(=O)c2c(F)cc(F)cc2F)CC1. The van der Waals surface area contributed by atoms with Crippen molar-refractivity contribution >= 4 is 24.1 Å². The van der Waals surface area contributed by atoms with Gasteiger partial charge >= 0.3 is 0 Å². The maximum absolute atomic E-state index is 13.7. The molecule has 0 atom stereocenters. The number of piperidine rings is 1. The Labute approximate surface area is 144 Å². The summed E-state index contributed by atoms with van der Waals surface area (Å²) in [5, 5.41) is 0. The van der Waals surface area contributed by atoms with Crippen molar-refractivity contribution in [2.24, 2.45) is 11.7 Å². The van der Waals surface area contributed by atoms with Crippen molar-refractivity contribution in [3.05, 3.63) is 35.1 Å². The molecule has 1 aliphatic heterocycles. The normalized spacial score (nSPS) is 15.1. The smallest absolute Gasteiger partial charge is 0.222 e. The van der Waals surface area contributed by atoms with Crippen LogP contribution in [0.4, 0.5) is 13.2 Å². The first-order chi connectivity index (χ1) is 10.9. The van der Waals surface area contributed by atoms with Crippen LogP contribution in [-0.4, -0.2) is 36.2 Å². The molecular weight excluding hydrogens is 345 g/mol. The Hall–Kier alpha value is -1.60. The third-order valence-electron chi connectivity index (χ3n) is 4.07. The van der Waals surface area contributed by atoms with Crippen LogP contribution in [0.5, 0.6) is 0 Å². The molecule has 0 saturated carbocycles. The number of carbonyl (C=O) groups excluding carboxylic acids is 2. The number of nitrogens with two attached hydrogens (primary N) is 1. The molecule has 0 radical (unpaired) electrons.